The number of ether oxygens (including phenoxy) is 1. The topological polar surface area (TPSA) is 67.4 Å². The monoisotopic (exact) mass is 276 g/mol. The zero-order chi connectivity index (χ0) is 13.1. The lowest BCUT2D eigenvalue weighted by Gasteiger charge is -2.38. The molecule has 1 unspecified atom stereocenters. The molecule has 0 aromatic rings. The summed E-state index contributed by atoms with van der Waals surface area (Å²) in [4.78, 5) is 0. The zero-order valence-electron chi connectivity index (χ0n) is 11.1. The van der Waals surface area contributed by atoms with E-state index in [0.717, 1.165) is 19.4 Å². The third-order valence-corrected chi connectivity index (χ3v) is 4.66. The summed E-state index contributed by atoms with van der Waals surface area (Å²) in [6.45, 7) is 1.98. The van der Waals surface area contributed by atoms with Gasteiger partial charge in [0.05, 0.1) is 11.9 Å². The highest BCUT2D eigenvalue weighted by Gasteiger charge is 2.39. The Kier molecular flexibility index (Phi) is 4.64. The predicted octanol–water partition coefficient (Wildman–Crippen LogP) is 0.617. The second kappa shape index (κ2) is 5.86. The van der Waals surface area contributed by atoms with E-state index in [2.05, 4.69) is 10.0 Å². The van der Waals surface area contributed by atoms with E-state index in [4.69, 9.17) is 4.74 Å². The van der Waals surface area contributed by atoms with Crippen molar-refractivity contribution in [2.75, 3.05) is 26.0 Å². The Morgan fingerprint density at radius 1 is 1.28 bits per heavy atom. The van der Waals surface area contributed by atoms with Crippen LogP contribution in [0.5, 0.6) is 0 Å². The van der Waals surface area contributed by atoms with Gasteiger partial charge < -0.3 is 10.1 Å². The molecule has 18 heavy (non-hydrogen) atoms. The number of sulfonamides is 1. The minimum atomic E-state index is -3.06. The van der Waals surface area contributed by atoms with E-state index in [1.807, 2.05) is 0 Å². The van der Waals surface area contributed by atoms with Crippen molar-refractivity contribution in [1.29, 1.82) is 0 Å². The molecule has 1 saturated carbocycles. The van der Waals surface area contributed by atoms with E-state index in [9.17, 15) is 8.42 Å². The lowest BCUT2D eigenvalue weighted by atomic mass is 9.89. The van der Waals surface area contributed by atoms with E-state index < -0.39 is 10.0 Å². The van der Waals surface area contributed by atoms with Crippen molar-refractivity contribution in [3.8, 4) is 0 Å². The van der Waals surface area contributed by atoms with Crippen LogP contribution in [0.15, 0.2) is 0 Å². The predicted molar refractivity (Wildman–Crippen MR) is 71.0 cm³/mol. The molecule has 1 heterocycles. The molecule has 1 atom stereocenters. The van der Waals surface area contributed by atoms with Gasteiger partial charge in [-0.2, -0.15) is 0 Å². The Balaban J connectivity index is 1.70. The Hall–Kier alpha value is -0.170. The van der Waals surface area contributed by atoms with Gasteiger partial charge in [-0.3, -0.25) is 0 Å². The molecule has 1 spiro atoms. The molecule has 0 aromatic carbocycles. The lowest BCUT2D eigenvalue weighted by molar-refractivity contribution is -0.0834. The van der Waals surface area contributed by atoms with E-state index in [1.54, 1.807) is 0 Å². The molecule has 1 aliphatic heterocycles. The molecule has 2 N–H and O–H groups in total. The van der Waals surface area contributed by atoms with Crippen molar-refractivity contribution < 1.29 is 13.2 Å². The minimum Gasteiger partial charge on any atom is -0.375 e. The largest absolute Gasteiger partial charge is 0.375 e. The molecule has 0 bridgehead atoms. The molecule has 0 radical (unpaired) electrons. The average Bonchev–Trinajstić information content (AvgIpc) is 2.72. The summed E-state index contributed by atoms with van der Waals surface area (Å²) in [5.74, 6) is 0. The van der Waals surface area contributed by atoms with Gasteiger partial charge in [-0.25, -0.2) is 13.1 Å². The molecule has 0 amide bonds. The summed E-state index contributed by atoms with van der Waals surface area (Å²) in [7, 11) is -3.06. The molecule has 6 heteroatoms. The zero-order valence-corrected chi connectivity index (χ0v) is 11.9. The van der Waals surface area contributed by atoms with Crippen LogP contribution in [0.4, 0.5) is 0 Å². The van der Waals surface area contributed by atoms with Crippen LogP contribution in [0.1, 0.15) is 38.5 Å². The second-order valence-electron chi connectivity index (χ2n) is 5.55. The molecule has 2 rings (SSSR count). The standard InChI is InChI=1S/C12H24N2O3S/c1-18(15,16)14-8-7-13-11-4-9-17-12(10-11)5-2-3-6-12/h11,13-14H,2-10H2,1H3. The Labute approximate surface area is 110 Å². The van der Waals surface area contributed by atoms with Crippen LogP contribution in [0.2, 0.25) is 0 Å². The summed E-state index contributed by atoms with van der Waals surface area (Å²) in [6.07, 6.45) is 8.23. The van der Waals surface area contributed by atoms with E-state index >= 15 is 0 Å². The van der Waals surface area contributed by atoms with E-state index in [-0.39, 0.29) is 5.60 Å². The SMILES string of the molecule is CS(=O)(=O)NCCNC1CCOC2(CCCC2)C1. The van der Waals surface area contributed by atoms with Crippen LogP contribution >= 0.6 is 0 Å². The molecule has 106 valence electrons. The second-order valence-corrected chi connectivity index (χ2v) is 7.38. The number of rotatable bonds is 5. The normalized spacial score (nSPS) is 27.7. The minimum absolute atomic E-state index is 0.125. The highest BCUT2D eigenvalue weighted by atomic mass is 32.2. The molecule has 2 fully saturated rings. The first kappa shape index (κ1) is 14.2. The van der Waals surface area contributed by atoms with Gasteiger partial charge in [0, 0.05) is 25.7 Å². The Morgan fingerprint density at radius 2 is 2.00 bits per heavy atom. The van der Waals surface area contributed by atoms with Crippen LogP contribution in [0.25, 0.3) is 0 Å². The maximum Gasteiger partial charge on any atom is 0.208 e. The molecule has 2 aliphatic rings. The van der Waals surface area contributed by atoms with Crippen LogP contribution in [0.3, 0.4) is 0 Å². The number of nitrogens with one attached hydrogen (secondary N) is 2. The van der Waals surface area contributed by atoms with Crippen LogP contribution < -0.4 is 10.0 Å². The summed E-state index contributed by atoms with van der Waals surface area (Å²) in [6, 6.07) is 0.471. The first-order valence-electron chi connectivity index (χ1n) is 6.81. The van der Waals surface area contributed by atoms with Gasteiger partial charge in [-0.1, -0.05) is 12.8 Å². The summed E-state index contributed by atoms with van der Waals surface area (Å²) in [5, 5.41) is 3.44. The molecular weight excluding hydrogens is 252 g/mol. The molecule has 1 aliphatic carbocycles. The highest BCUT2D eigenvalue weighted by Crippen LogP contribution is 2.39. The van der Waals surface area contributed by atoms with E-state index in [1.165, 1.54) is 31.9 Å². The molecular formula is C12H24N2O3S. The quantitative estimate of drug-likeness (QED) is 0.722. The molecule has 1 saturated heterocycles. The van der Waals surface area contributed by atoms with Crippen molar-refractivity contribution in [1.82, 2.24) is 10.0 Å². The van der Waals surface area contributed by atoms with Gasteiger partial charge in [0.15, 0.2) is 0 Å². The van der Waals surface area contributed by atoms with Crippen LogP contribution in [0, 0.1) is 0 Å². The lowest BCUT2D eigenvalue weighted by Crippen LogP contribution is -2.47. The third-order valence-electron chi connectivity index (χ3n) is 3.93. The fourth-order valence-corrected chi connectivity index (χ4v) is 3.56. The van der Waals surface area contributed by atoms with Crippen LogP contribution in [-0.4, -0.2) is 46.0 Å². The fraction of sp³-hybridized carbons (Fsp3) is 1.00. The van der Waals surface area contributed by atoms with Crippen LogP contribution in [-0.2, 0) is 14.8 Å². The van der Waals surface area contributed by atoms with Crippen molar-refractivity contribution in [2.24, 2.45) is 0 Å². The van der Waals surface area contributed by atoms with Crippen molar-refractivity contribution in [3.05, 3.63) is 0 Å². The third kappa shape index (κ3) is 4.19. The maximum atomic E-state index is 10.9. The summed E-state index contributed by atoms with van der Waals surface area (Å²) in [5.41, 5.74) is 0.125. The first-order chi connectivity index (χ1) is 8.49. The Bertz CT molecular complexity index is 364. The first-order valence-corrected chi connectivity index (χ1v) is 8.70. The number of hydrogen-bond donors (Lipinski definition) is 2. The van der Waals surface area contributed by atoms with Crippen molar-refractivity contribution in [2.45, 2.75) is 50.2 Å². The highest BCUT2D eigenvalue weighted by molar-refractivity contribution is 7.88. The molecule has 5 nitrogen and oxygen atoms in total. The maximum absolute atomic E-state index is 10.9. The smallest absolute Gasteiger partial charge is 0.208 e. The molecule has 0 aromatic heterocycles. The van der Waals surface area contributed by atoms with Crippen molar-refractivity contribution in [3.63, 3.8) is 0 Å². The van der Waals surface area contributed by atoms with Gasteiger partial charge in [-0.15, -0.1) is 0 Å². The van der Waals surface area contributed by atoms with Gasteiger partial charge in [-0.05, 0) is 25.7 Å². The van der Waals surface area contributed by atoms with E-state index in [0.29, 0.717) is 19.1 Å². The Morgan fingerprint density at radius 3 is 2.67 bits per heavy atom. The average molecular weight is 276 g/mol. The van der Waals surface area contributed by atoms with Gasteiger partial charge in [0.1, 0.15) is 0 Å². The van der Waals surface area contributed by atoms with Gasteiger partial charge in [0.25, 0.3) is 0 Å². The fourth-order valence-electron chi connectivity index (χ4n) is 3.08. The number of hydrogen-bond acceptors (Lipinski definition) is 4. The van der Waals surface area contributed by atoms with Gasteiger partial charge >= 0.3 is 0 Å². The summed E-state index contributed by atoms with van der Waals surface area (Å²) < 4.78 is 30.3. The summed E-state index contributed by atoms with van der Waals surface area (Å²) >= 11 is 0. The van der Waals surface area contributed by atoms with Gasteiger partial charge in [0.2, 0.25) is 10.0 Å². The van der Waals surface area contributed by atoms with Crippen molar-refractivity contribution >= 4 is 10.0 Å².